The summed E-state index contributed by atoms with van der Waals surface area (Å²) in [4.78, 5) is 19.4. The van der Waals surface area contributed by atoms with Gasteiger partial charge in [0.2, 0.25) is 5.91 Å². The molecule has 1 saturated heterocycles. The van der Waals surface area contributed by atoms with Gasteiger partial charge in [0.25, 0.3) is 0 Å². The van der Waals surface area contributed by atoms with Crippen molar-refractivity contribution in [2.24, 2.45) is 0 Å². The molecule has 2 aromatic heterocycles. The fraction of sp³-hybridized carbons (Fsp3) is 0.417. The fourth-order valence-corrected chi connectivity index (χ4v) is 4.37. The minimum atomic E-state index is -4.46. The SMILES string of the molecule is Cc1ccn2c(C(CC(=O)N3CC(C)OC(C)C3)c3cccc(C(F)(F)F)c3)cnc2c1. The van der Waals surface area contributed by atoms with E-state index in [9.17, 15) is 18.0 Å². The Labute approximate surface area is 184 Å². The van der Waals surface area contributed by atoms with Crippen molar-refractivity contribution < 1.29 is 22.7 Å². The van der Waals surface area contributed by atoms with Crippen molar-refractivity contribution in [1.29, 1.82) is 0 Å². The van der Waals surface area contributed by atoms with Crippen LogP contribution in [-0.2, 0) is 15.7 Å². The summed E-state index contributed by atoms with van der Waals surface area (Å²) in [7, 11) is 0. The van der Waals surface area contributed by atoms with Gasteiger partial charge < -0.3 is 14.0 Å². The molecule has 3 unspecified atom stereocenters. The Morgan fingerprint density at radius 2 is 1.91 bits per heavy atom. The number of carbonyl (C=O) groups excluding carboxylic acids is 1. The minimum absolute atomic E-state index is 0.0441. The molecule has 4 rings (SSSR count). The van der Waals surface area contributed by atoms with Crippen LogP contribution in [-0.4, -0.2) is 45.5 Å². The highest BCUT2D eigenvalue weighted by Crippen LogP contribution is 2.35. The van der Waals surface area contributed by atoms with Crippen molar-refractivity contribution in [2.45, 2.75) is 51.5 Å². The number of aromatic nitrogens is 2. The summed E-state index contributed by atoms with van der Waals surface area (Å²) in [6.45, 7) is 6.69. The maximum atomic E-state index is 13.4. The van der Waals surface area contributed by atoms with Gasteiger partial charge >= 0.3 is 6.18 Å². The van der Waals surface area contributed by atoms with Gasteiger partial charge in [0.1, 0.15) is 5.65 Å². The predicted molar refractivity (Wildman–Crippen MR) is 114 cm³/mol. The van der Waals surface area contributed by atoms with Gasteiger partial charge in [0.15, 0.2) is 0 Å². The molecule has 1 aromatic carbocycles. The molecule has 5 nitrogen and oxygen atoms in total. The number of fused-ring (bicyclic) bond motifs is 1. The van der Waals surface area contributed by atoms with Crippen molar-refractivity contribution in [3.05, 3.63) is 71.2 Å². The van der Waals surface area contributed by atoms with Crippen LogP contribution in [0.4, 0.5) is 13.2 Å². The highest BCUT2D eigenvalue weighted by Gasteiger charge is 2.33. The summed E-state index contributed by atoms with van der Waals surface area (Å²) in [5.41, 5.74) is 2.10. The number of rotatable bonds is 4. The van der Waals surface area contributed by atoms with Crippen molar-refractivity contribution in [1.82, 2.24) is 14.3 Å². The molecule has 8 heteroatoms. The Balaban J connectivity index is 1.74. The second-order valence-electron chi connectivity index (χ2n) is 8.55. The average molecular weight is 445 g/mol. The Morgan fingerprint density at radius 3 is 2.59 bits per heavy atom. The number of hydrogen-bond donors (Lipinski definition) is 0. The van der Waals surface area contributed by atoms with Gasteiger partial charge in [-0.05, 0) is 50.1 Å². The molecule has 170 valence electrons. The van der Waals surface area contributed by atoms with E-state index in [4.69, 9.17) is 4.74 Å². The van der Waals surface area contributed by atoms with Gasteiger partial charge in [-0.3, -0.25) is 4.79 Å². The third kappa shape index (κ3) is 4.65. The molecule has 3 atom stereocenters. The van der Waals surface area contributed by atoms with Gasteiger partial charge in [-0.15, -0.1) is 0 Å². The summed E-state index contributed by atoms with van der Waals surface area (Å²) in [6, 6.07) is 9.03. The first-order chi connectivity index (χ1) is 15.1. The number of aryl methyl sites for hydroxylation is 1. The number of morpholine rings is 1. The molecule has 0 bridgehead atoms. The fourth-order valence-electron chi connectivity index (χ4n) is 4.37. The summed E-state index contributed by atoms with van der Waals surface area (Å²) >= 11 is 0. The molecule has 1 amide bonds. The number of amides is 1. The van der Waals surface area contributed by atoms with E-state index in [2.05, 4.69) is 4.98 Å². The van der Waals surface area contributed by atoms with Crippen LogP contribution in [0.2, 0.25) is 0 Å². The van der Waals surface area contributed by atoms with Crippen molar-refractivity contribution in [3.8, 4) is 0 Å². The maximum absolute atomic E-state index is 13.4. The molecule has 3 heterocycles. The summed E-state index contributed by atoms with van der Waals surface area (Å²) in [6.07, 6.45) is -1.10. The first-order valence-electron chi connectivity index (χ1n) is 10.7. The second-order valence-corrected chi connectivity index (χ2v) is 8.55. The summed E-state index contributed by atoms with van der Waals surface area (Å²) in [5.74, 6) is -0.688. The number of alkyl halides is 3. The Kier molecular flexibility index (Phi) is 5.99. The van der Waals surface area contributed by atoms with E-state index < -0.39 is 17.7 Å². The molecular weight excluding hydrogens is 419 g/mol. The van der Waals surface area contributed by atoms with Gasteiger partial charge in [-0.1, -0.05) is 18.2 Å². The van der Waals surface area contributed by atoms with E-state index >= 15 is 0 Å². The van der Waals surface area contributed by atoms with E-state index in [0.717, 1.165) is 17.7 Å². The average Bonchev–Trinajstić information content (AvgIpc) is 3.13. The van der Waals surface area contributed by atoms with Crippen LogP contribution in [0.5, 0.6) is 0 Å². The molecule has 0 N–H and O–H groups in total. The third-order valence-electron chi connectivity index (χ3n) is 5.82. The lowest BCUT2D eigenvalue weighted by Crippen LogP contribution is -2.48. The second kappa shape index (κ2) is 8.58. The number of hydrogen-bond acceptors (Lipinski definition) is 3. The number of benzene rings is 1. The number of halogens is 3. The maximum Gasteiger partial charge on any atom is 0.416 e. The first kappa shape index (κ1) is 22.3. The van der Waals surface area contributed by atoms with E-state index in [-0.39, 0.29) is 24.5 Å². The van der Waals surface area contributed by atoms with Crippen LogP contribution in [0, 0.1) is 6.92 Å². The smallest absolute Gasteiger partial charge is 0.372 e. The van der Waals surface area contributed by atoms with Crippen molar-refractivity contribution in [2.75, 3.05) is 13.1 Å². The Morgan fingerprint density at radius 1 is 1.19 bits per heavy atom. The first-order valence-corrected chi connectivity index (χ1v) is 10.7. The molecule has 0 spiro atoms. The Hall–Kier alpha value is -2.87. The third-order valence-corrected chi connectivity index (χ3v) is 5.82. The van der Waals surface area contributed by atoms with E-state index in [1.165, 1.54) is 6.07 Å². The molecule has 1 fully saturated rings. The number of carbonyl (C=O) groups is 1. The number of pyridine rings is 1. The quantitative estimate of drug-likeness (QED) is 0.579. The van der Waals surface area contributed by atoms with Gasteiger partial charge in [0, 0.05) is 37.8 Å². The lowest BCUT2D eigenvalue weighted by atomic mass is 9.90. The zero-order valence-electron chi connectivity index (χ0n) is 18.3. The highest BCUT2D eigenvalue weighted by molar-refractivity contribution is 5.78. The standard InChI is InChI=1S/C24H26F3N3O2/c1-15-7-8-30-21(12-28-22(30)9-15)20(18-5-4-6-19(10-18)24(25,26)27)11-23(31)29-13-16(2)32-17(3)14-29/h4-10,12,16-17,20H,11,13-14H2,1-3H3. The number of ether oxygens (including phenoxy) is 1. The molecule has 1 aliphatic rings. The minimum Gasteiger partial charge on any atom is -0.372 e. The molecule has 3 aromatic rings. The molecular formula is C24H26F3N3O2. The van der Waals surface area contributed by atoms with Crippen LogP contribution in [0.1, 0.15) is 48.6 Å². The van der Waals surface area contributed by atoms with E-state index in [1.54, 1.807) is 17.2 Å². The lowest BCUT2D eigenvalue weighted by Gasteiger charge is -2.36. The zero-order valence-corrected chi connectivity index (χ0v) is 18.3. The van der Waals surface area contributed by atoms with Crippen LogP contribution in [0.15, 0.2) is 48.8 Å². The van der Waals surface area contributed by atoms with Gasteiger partial charge in [0.05, 0.1) is 23.5 Å². The van der Waals surface area contributed by atoms with Crippen molar-refractivity contribution >= 4 is 11.6 Å². The highest BCUT2D eigenvalue weighted by atomic mass is 19.4. The van der Waals surface area contributed by atoms with Crippen LogP contribution < -0.4 is 0 Å². The molecule has 0 saturated carbocycles. The van der Waals surface area contributed by atoms with Gasteiger partial charge in [-0.25, -0.2) is 4.98 Å². The predicted octanol–water partition coefficient (Wildman–Crippen LogP) is 4.82. The normalized spacial score (nSPS) is 20.5. The van der Waals surface area contributed by atoms with Crippen molar-refractivity contribution in [3.63, 3.8) is 0 Å². The summed E-state index contributed by atoms with van der Waals surface area (Å²) in [5, 5.41) is 0. The number of imidazole rings is 1. The van der Waals surface area contributed by atoms with E-state index in [0.29, 0.717) is 30.0 Å². The molecule has 0 radical (unpaired) electrons. The molecule has 0 aliphatic carbocycles. The zero-order chi connectivity index (χ0) is 23.0. The number of nitrogens with zero attached hydrogens (tertiary/aromatic N) is 3. The topological polar surface area (TPSA) is 46.8 Å². The van der Waals surface area contributed by atoms with Crippen LogP contribution in [0.3, 0.4) is 0 Å². The molecule has 32 heavy (non-hydrogen) atoms. The van der Waals surface area contributed by atoms with E-state index in [1.807, 2.05) is 43.5 Å². The summed E-state index contributed by atoms with van der Waals surface area (Å²) < 4.78 is 47.8. The van der Waals surface area contributed by atoms with Gasteiger partial charge in [-0.2, -0.15) is 13.2 Å². The van der Waals surface area contributed by atoms with Crippen LogP contribution in [0.25, 0.3) is 5.65 Å². The Bertz CT molecular complexity index is 1120. The monoisotopic (exact) mass is 445 g/mol. The molecule has 1 aliphatic heterocycles. The largest absolute Gasteiger partial charge is 0.416 e. The lowest BCUT2D eigenvalue weighted by molar-refractivity contribution is -0.143. The van der Waals surface area contributed by atoms with Crippen LogP contribution >= 0.6 is 0 Å².